The highest BCUT2D eigenvalue weighted by molar-refractivity contribution is 5.84. The lowest BCUT2D eigenvalue weighted by molar-refractivity contribution is -0.134. The van der Waals surface area contributed by atoms with E-state index >= 15 is 0 Å². The van der Waals surface area contributed by atoms with E-state index in [1.54, 1.807) is 0 Å². The monoisotopic (exact) mass is 176 g/mol. The summed E-state index contributed by atoms with van der Waals surface area (Å²) < 4.78 is 0. The van der Waals surface area contributed by atoms with Crippen LogP contribution in [0.25, 0.3) is 0 Å². The third kappa shape index (κ3) is 0.905. The molecule has 13 heavy (non-hydrogen) atoms. The zero-order chi connectivity index (χ0) is 9.05. The van der Waals surface area contributed by atoms with E-state index in [-0.39, 0.29) is 0 Å². The Hall–Kier alpha value is -0.590. The van der Waals surface area contributed by atoms with Gasteiger partial charge in [0.2, 0.25) is 0 Å². The van der Waals surface area contributed by atoms with Gasteiger partial charge in [0.05, 0.1) is 0 Å². The normalized spacial score (nSPS) is 47.8. The molecule has 0 amide bonds. The average Bonchev–Trinajstić information content (AvgIpc) is 2.38. The average molecular weight is 176 g/mol. The number of hydrogen-bond donors (Lipinski definition) is 0. The summed E-state index contributed by atoms with van der Waals surface area (Å²) >= 11 is 0. The van der Waals surface area contributed by atoms with Crippen molar-refractivity contribution >= 4 is 5.78 Å². The van der Waals surface area contributed by atoms with E-state index in [1.807, 2.05) is 0 Å². The second-order valence-corrected chi connectivity index (χ2v) is 5.24. The zero-order valence-corrected chi connectivity index (χ0v) is 8.18. The third-order valence-corrected chi connectivity index (χ3v) is 4.40. The van der Waals surface area contributed by atoms with Crippen LogP contribution in [-0.2, 0) is 4.79 Å². The van der Waals surface area contributed by atoms with Crippen LogP contribution in [0, 0.1) is 17.3 Å². The Balaban J connectivity index is 2.02. The van der Waals surface area contributed by atoms with Gasteiger partial charge in [-0.05, 0) is 43.9 Å². The van der Waals surface area contributed by atoms with Gasteiger partial charge in [-0.2, -0.15) is 0 Å². The number of rotatable bonds is 0. The van der Waals surface area contributed by atoms with Crippen molar-refractivity contribution in [2.75, 3.05) is 0 Å². The van der Waals surface area contributed by atoms with Crippen molar-refractivity contribution in [2.24, 2.45) is 17.3 Å². The Labute approximate surface area is 79.2 Å². The Morgan fingerprint density at radius 3 is 3.15 bits per heavy atom. The van der Waals surface area contributed by atoms with Gasteiger partial charge >= 0.3 is 0 Å². The molecular weight excluding hydrogens is 160 g/mol. The largest absolute Gasteiger partial charge is 0.299 e. The fourth-order valence-electron chi connectivity index (χ4n) is 3.80. The minimum Gasteiger partial charge on any atom is -0.299 e. The highest BCUT2D eigenvalue weighted by atomic mass is 16.1. The quantitative estimate of drug-likeness (QED) is 0.519. The molecule has 70 valence electrons. The number of Topliss-reactive ketones (excluding diaryl/α,β-unsaturated/α-hetero) is 1. The number of fused-ring (bicyclic) bond motifs is 2. The van der Waals surface area contributed by atoms with Gasteiger partial charge in [0.15, 0.2) is 0 Å². The number of ketones is 1. The van der Waals surface area contributed by atoms with Crippen molar-refractivity contribution in [1.29, 1.82) is 0 Å². The van der Waals surface area contributed by atoms with Crippen LogP contribution in [0.15, 0.2) is 11.6 Å². The number of hydrogen-bond acceptors (Lipinski definition) is 1. The van der Waals surface area contributed by atoms with Gasteiger partial charge in [0.25, 0.3) is 0 Å². The standard InChI is InChI=1S/C12H16O/c1-8-4-10-5-9-2-3-12(10,6-8)7-11(9)13/h6,9-10H,2-5,7H2,1H3/t9-,10?,12+/m0/s1. The Morgan fingerprint density at radius 1 is 1.54 bits per heavy atom. The molecular formula is C12H16O. The van der Waals surface area contributed by atoms with Crippen molar-refractivity contribution in [3.63, 3.8) is 0 Å². The zero-order valence-electron chi connectivity index (χ0n) is 8.18. The molecule has 1 nitrogen and oxygen atoms in total. The third-order valence-electron chi connectivity index (χ3n) is 4.40. The van der Waals surface area contributed by atoms with E-state index in [2.05, 4.69) is 13.0 Å². The molecule has 4 aliphatic rings. The molecule has 1 heteroatoms. The van der Waals surface area contributed by atoms with Crippen LogP contribution in [0.4, 0.5) is 0 Å². The van der Waals surface area contributed by atoms with E-state index in [9.17, 15) is 4.79 Å². The minimum atomic E-state index is 0.329. The lowest BCUT2D eigenvalue weighted by Gasteiger charge is -2.47. The maximum Gasteiger partial charge on any atom is 0.136 e. The van der Waals surface area contributed by atoms with E-state index in [4.69, 9.17) is 0 Å². The Kier molecular flexibility index (Phi) is 1.35. The first-order valence-electron chi connectivity index (χ1n) is 5.41. The smallest absolute Gasteiger partial charge is 0.136 e. The molecule has 0 radical (unpaired) electrons. The highest BCUT2D eigenvalue weighted by Gasteiger charge is 2.52. The number of carbonyl (C=O) groups is 1. The van der Waals surface area contributed by atoms with Crippen LogP contribution >= 0.6 is 0 Å². The molecule has 0 saturated heterocycles. The second kappa shape index (κ2) is 2.26. The molecule has 1 unspecified atom stereocenters. The SMILES string of the molecule is CC1=C[C@@]23CC[C@@H](CC2C1)C(=O)C3. The van der Waals surface area contributed by atoms with Gasteiger partial charge < -0.3 is 0 Å². The molecule has 4 aliphatic carbocycles. The van der Waals surface area contributed by atoms with Crippen LogP contribution < -0.4 is 0 Å². The minimum absolute atomic E-state index is 0.329. The lowest BCUT2D eigenvalue weighted by atomic mass is 9.56. The van der Waals surface area contributed by atoms with Gasteiger partial charge in [-0.1, -0.05) is 11.6 Å². The fourth-order valence-corrected chi connectivity index (χ4v) is 3.80. The maximum atomic E-state index is 11.7. The van der Waals surface area contributed by atoms with Gasteiger partial charge in [-0.25, -0.2) is 0 Å². The topological polar surface area (TPSA) is 17.1 Å². The molecule has 0 aromatic rings. The summed E-state index contributed by atoms with van der Waals surface area (Å²) in [7, 11) is 0. The van der Waals surface area contributed by atoms with Crippen molar-refractivity contribution in [1.82, 2.24) is 0 Å². The van der Waals surface area contributed by atoms with Crippen molar-refractivity contribution in [3.05, 3.63) is 11.6 Å². The molecule has 3 fully saturated rings. The highest BCUT2D eigenvalue weighted by Crippen LogP contribution is 2.58. The van der Waals surface area contributed by atoms with Crippen LogP contribution in [0.1, 0.15) is 39.0 Å². The Bertz CT molecular complexity index is 302. The maximum absolute atomic E-state index is 11.7. The number of allylic oxidation sites excluding steroid dienone is 2. The first-order chi connectivity index (χ1) is 6.20. The fraction of sp³-hybridized carbons (Fsp3) is 0.750. The van der Waals surface area contributed by atoms with E-state index in [1.165, 1.54) is 31.3 Å². The first-order valence-corrected chi connectivity index (χ1v) is 5.41. The summed E-state index contributed by atoms with van der Waals surface area (Å²) in [4.78, 5) is 11.7. The van der Waals surface area contributed by atoms with E-state index in [0.29, 0.717) is 17.1 Å². The molecule has 0 N–H and O–H groups in total. The molecule has 3 atom stereocenters. The molecule has 3 saturated carbocycles. The second-order valence-electron chi connectivity index (χ2n) is 5.24. The van der Waals surface area contributed by atoms with Gasteiger partial charge in [-0.15, -0.1) is 0 Å². The predicted molar refractivity (Wildman–Crippen MR) is 51.3 cm³/mol. The van der Waals surface area contributed by atoms with E-state index < -0.39 is 0 Å². The van der Waals surface area contributed by atoms with Crippen LogP contribution in [0.3, 0.4) is 0 Å². The van der Waals surface area contributed by atoms with Crippen molar-refractivity contribution in [3.8, 4) is 0 Å². The molecule has 0 aromatic carbocycles. The van der Waals surface area contributed by atoms with Gasteiger partial charge in [0, 0.05) is 12.3 Å². The van der Waals surface area contributed by atoms with Crippen molar-refractivity contribution < 1.29 is 4.79 Å². The molecule has 0 aliphatic heterocycles. The number of carbonyl (C=O) groups excluding carboxylic acids is 1. The molecule has 2 bridgehead atoms. The van der Waals surface area contributed by atoms with Crippen LogP contribution in [0.2, 0.25) is 0 Å². The lowest BCUT2D eigenvalue weighted by Crippen LogP contribution is -2.43. The summed E-state index contributed by atoms with van der Waals surface area (Å²) in [5, 5.41) is 0. The molecule has 4 rings (SSSR count). The van der Waals surface area contributed by atoms with Gasteiger partial charge in [-0.3, -0.25) is 4.79 Å². The van der Waals surface area contributed by atoms with Gasteiger partial charge in [0.1, 0.15) is 5.78 Å². The predicted octanol–water partition coefficient (Wildman–Crippen LogP) is 2.71. The molecule has 1 spiro atoms. The first kappa shape index (κ1) is 7.78. The Morgan fingerprint density at radius 2 is 2.38 bits per heavy atom. The van der Waals surface area contributed by atoms with Crippen molar-refractivity contribution in [2.45, 2.75) is 39.0 Å². The summed E-state index contributed by atoms with van der Waals surface area (Å²) in [6.07, 6.45) is 8.19. The summed E-state index contributed by atoms with van der Waals surface area (Å²) in [6.45, 7) is 2.23. The summed E-state index contributed by atoms with van der Waals surface area (Å²) in [5.74, 6) is 1.81. The summed E-state index contributed by atoms with van der Waals surface area (Å²) in [5.41, 5.74) is 1.86. The summed E-state index contributed by atoms with van der Waals surface area (Å²) in [6, 6.07) is 0. The van der Waals surface area contributed by atoms with Crippen LogP contribution in [0.5, 0.6) is 0 Å². The van der Waals surface area contributed by atoms with Crippen LogP contribution in [-0.4, -0.2) is 5.78 Å². The van der Waals surface area contributed by atoms with E-state index in [0.717, 1.165) is 12.3 Å². The molecule has 0 heterocycles. The molecule has 0 aromatic heterocycles.